The van der Waals surface area contributed by atoms with E-state index < -0.39 is 0 Å². The summed E-state index contributed by atoms with van der Waals surface area (Å²) >= 11 is 9.29. The number of carbonyl (C=O) groups excluding carboxylic acids is 1. The standard InChI is InChI=1S/C15H13BrClNO3/c1-20-13-7-9(16)3-5-11(13)15(19)18-10-4-6-12(17)14(8-10)21-2/h3-8H,1-2H3,(H,18,19). The summed E-state index contributed by atoms with van der Waals surface area (Å²) in [5, 5.41) is 3.26. The van der Waals surface area contributed by atoms with Crippen molar-refractivity contribution in [1.82, 2.24) is 0 Å². The third kappa shape index (κ3) is 3.68. The van der Waals surface area contributed by atoms with Gasteiger partial charge in [0.1, 0.15) is 11.5 Å². The van der Waals surface area contributed by atoms with Gasteiger partial charge in [-0.25, -0.2) is 0 Å². The maximum Gasteiger partial charge on any atom is 0.259 e. The van der Waals surface area contributed by atoms with Crippen molar-refractivity contribution >= 4 is 39.1 Å². The maximum atomic E-state index is 12.3. The molecule has 0 aliphatic rings. The maximum absolute atomic E-state index is 12.3. The summed E-state index contributed by atoms with van der Waals surface area (Å²) in [6, 6.07) is 10.2. The predicted molar refractivity (Wildman–Crippen MR) is 86.7 cm³/mol. The van der Waals surface area contributed by atoms with Gasteiger partial charge >= 0.3 is 0 Å². The zero-order valence-electron chi connectivity index (χ0n) is 11.4. The average Bonchev–Trinajstić information content (AvgIpc) is 2.48. The third-order valence-electron chi connectivity index (χ3n) is 2.82. The molecule has 0 aromatic heterocycles. The second kappa shape index (κ2) is 6.83. The molecule has 21 heavy (non-hydrogen) atoms. The SMILES string of the molecule is COc1cc(NC(=O)c2ccc(Br)cc2OC)ccc1Cl. The van der Waals surface area contributed by atoms with Crippen molar-refractivity contribution in [3.8, 4) is 11.5 Å². The van der Waals surface area contributed by atoms with Crippen LogP contribution in [-0.2, 0) is 0 Å². The lowest BCUT2D eigenvalue weighted by atomic mass is 10.2. The lowest BCUT2D eigenvalue weighted by Crippen LogP contribution is -2.13. The summed E-state index contributed by atoms with van der Waals surface area (Å²) in [6.07, 6.45) is 0. The van der Waals surface area contributed by atoms with Crippen LogP contribution >= 0.6 is 27.5 Å². The quantitative estimate of drug-likeness (QED) is 0.869. The number of ether oxygens (including phenoxy) is 2. The van der Waals surface area contributed by atoms with Gasteiger partial charge in [0, 0.05) is 16.2 Å². The van der Waals surface area contributed by atoms with Gasteiger partial charge in [-0.2, -0.15) is 0 Å². The van der Waals surface area contributed by atoms with E-state index in [1.165, 1.54) is 14.2 Å². The van der Waals surface area contributed by atoms with E-state index in [1.807, 2.05) is 0 Å². The summed E-state index contributed by atoms with van der Waals surface area (Å²) in [7, 11) is 3.04. The van der Waals surface area contributed by atoms with Crippen LogP contribution in [0.2, 0.25) is 5.02 Å². The Morgan fingerprint density at radius 1 is 1.10 bits per heavy atom. The van der Waals surface area contributed by atoms with E-state index in [0.29, 0.717) is 27.8 Å². The van der Waals surface area contributed by atoms with Crippen LogP contribution < -0.4 is 14.8 Å². The fourth-order valence-corrected chi connectivity index (χ4v) is 2.32. The molecular weight excluding hydrogens is 358 g/mol. The minimum atomic E-state index is -0.274. The number of nitrogens with one attached hydrogen (secondary N) is 1. The zero-order chi connectivity index (χ0) is 15.4. The highest BCUT2D eigenvalue weighted by Crippen LogP contribution is 2.29. The van der Waals surface area contributed by atoms with Crippen molar-refractivity contribution in [1.29, 1.82) is 0 Å². The number of rotatable bonds is 4. The van der Waals surface area contributed by atoms with Crippen molar-refractivity contribution in [2.24, 2.45) is 0 Å². The first-order valence-corrected chi connectivity index (χ1v) is 7.20. The molecule has 2 aromatic rings. The summed E-state index contributed by atoms with van der Waals surface area (Å²) in [6.45, 7) is 0. The van der Waals surface area contributed by atoms with Crippen LogP contribution in [0.25, 0.3) is 0 Å². The van der Waals surface area contributed by atoms with E-state index in [1.54, 1.807) is 36.4 Å². The second-order valence-electron chi connectivity index (χ2n) is 4.15. The molecule has 110 valence electrons. The molecule has 2 rings (SSSR count). The highest BCUT2D eigenvalue weighted by Gasteiger charge is 2.13. The van der Waals surface area contributed by atoms with Crippen molar-refractivity contribution in [2.45, 2.75) is 0 Å². The number of hydrogen-bond acceptors (Lipinski definition) is 3. The molecule has 1 amide bonds. The molecule has 4 nitrogen and oxygen atoms in total. The first-order valence-electron chi connectivity index (χ1n) is 6.03. The van der Waals surface area contributed by atoms with Crippen molar-refractivity contribution in [3.05, 3.63) is 51.5 Å². The summed E-state index contributed by atoms with van der Waals surface area (Å²) in [5.41, 5.74) is 1.03. The molecule has 0 radical (unpaired) electrons. The number of benzene rings is 2. The van der Waals surface area contributed by atoms with E-state index in [4.69, 9.17) is 21.1 Å². The van der Waals surface area contributed by atoms with Gasteiger partial charge in [-0.1, -0.05) is 27.5 Å². The average molecular weight is 371 g/mol. The topological polar surface area (TPSA) is 47.6 Å². The molecule has 0 heterocycles. The van der Waals surface area contributed by atoms with Crippen LogP contribution in [0.3, 0.4) is 0 Å². The smallest absolute Gasteiger partial charge is 0.259 e. The van der Waals surface area contributed by atoms with Crippen LogP contribution in [0, 0.1) is 0 Å². The second-order valence-corrected chi connectivity index (χ2v) is 5.47. The molecule has 0 unspecified atom stereocenters. The highest BCUT2D eigenvalue weighted by atomic mass is 79.9. The number of anilines is 1. The van der Waals surface area contributed by atoms with Gasteiger partial charge in [0.2, 0.25) is 0 Å². The summed E-state index contributed by atoms with van der Waals surface area (Å²) in [4.78, 5) is 12.3. The highest BCUT2D eigenvalue weighted by molar-refractivity contribution is 9.10. The fraction of sp³-hybridized carbons (Fsp3) is 0.133. The molecule has 0 atom stereocenters. The summed E-state index contributed by atoms with van der Waals surface area (Å²) in [5.74, 6) is 0.712. The van der Waals surface area contributed by atoms with Gasteiger partial charge < -0.3 is 14.8 Å². The molecule has 0 saturated carbocycles. The Morgan fingerprint density at radius 3 is 2.48 bits per heavy atom. The number of methoxy groups -OCH3 is 2. The minimum absolute atomic E-state index is 0.274. The number of halogens is 2. The van der Waals surface area contributed by atoms with Gasteiger partial charge in [0.15, 0.2) is 0 Å². The Balaban J connectivity index is 2.26. The monoisotopic (exact) mass is 369 g/mol. The molecule has 2 aromatic carbocycles. The first-order chi connectivity index (χ1) is 10.0. The van der Waals surface area contributed by atoms with Crippen LogP contribution in [0.15, 0.2) is 40.9 Å². The Hall–Kier alpha value is -1.72. The van der Waals surface area contributed by atoms with Crippen LogP contribution in [-0.4, -0.2) is 20.1 Å². The molecule has 0 spiro atoms. The van der Waals surface area contributed by atoms with Crippen molar-refractivity contribution in [3.63, 3.8) is 0 Å². The van der Waals surface area contributed by atoms with Crippen LogP contribution in [0.5, 0.6) is 11.5 Å². The van der Waals surface area contributed by atoms with Gasteiger partial charge in [-0.15, -0.1) is 0 Å². The predicted octanol–water partition coefficient (Wildman–Crippen LogP) is 4.37. The lowest BCUT2D eigenvalue weighted by Gasteiger charge is -2.11. The lowest BCUT2D eigenvalue weighted by molar-refractivity contribution is 0.102. The number of amides is 1. The van der Waals surface area contributed by atoms with Gasteiger partial charge in [-0.05, 0) is 30.3 Å². The van der Waals surface area contributed by atoms with E-state index in [2.05, 4.69) is 21.2 Å². The van der Waals surface area contributed by atoms with Gasteiger partial charge in [0.25, 0.3) is 5.91 Å². The molecule has 0 aliphatic heterocycles. The van der Waals surface area contributed by atoms with Crippen molar-refractivity contribution < 1.29 is 14.3 Å². The van der Waals surface area contributed by atoms with Crippen LogP contribution in [0.1, 0.15) is 10.4 Å². The Morgan fingerprint density at radius 2 is 1.81 bits per heavy atom. The Kier molecular flexibility index (Phi) is 5.09. The van der Waals surface area contributed by atoms with E-state index in [-0.39, 0.29) is 5.91 Å². The molecule has 0 fully saturated rings. The molecular formula is C15H13BrClNO3. The molecule has 0 saturated heterocycles. The van der Waals surface area contributed by atoms with Crippen molar-refractivity contribution in [2.75, 3.05) is 19.5 Å². The molecule has 1 N–H and O–H groups in total. The molecule has 0 bridgehead atoms. The number of carbonyl (C=O) groups is 1. The van der Waals surface area contributed by atoms with Gasteiger partial charge in [0.05, 0.1) is 24.8 Å². The normalized spacial score (nSPS) is 10.1. The Bertz CT molecular complexity index is 676. The largest absolute Gasteiger partial charge is 0.496 e. The minimum Gasteiger partial charge on any atom is -0.496 e. The summed E-state index contributed by atoms with van der Waals surface area (Å²) < 4.78 is 11.2. The Labute approximate surface area is 136 Å². The first kappa shape index (κ1) is 15.7. The van der Waals surface area contributed by atoms with E-state index in [9.17, 15) is 4.79 Å². The van der Waals surface area contributed by atoms with Gasteiger partial charge in [-0.3, -0.25) is 4.79 Å². The molecule has 6 heteroatoms. The zero-order valence-corrected chi connectivity index (χ0v) is 13.8. The molecule has 0 aliphatic carbocycles. The number of hydrogen-bond donors (Lipinski definition) is 1. The van der Waals surface area contributed by atoms with E-state index in [0.717, 1.165) is 4.47 Å². The van der Waals surface area contributed by atoms with E-state index >= 15 is 0 Å². The fourth-order valence-electron chi connectivity index (χ4n) is 1.79. The van der Waals surface area contributed by atoms with Crippen LogP contribution in [0.4, 0.5) is 5.69 Å². The third-order valence-corrected chi connectivity index (χ3v) is 3.62.